The standard InChI is InChI=1S/C31H35N5O2/c1-22(37)23-10-12-24(13-11-23)26-14-15-28-32-29(25-8-6-5-7-9-25)27(36(28)20-26)21-34-16-18-35(19-17-34)30(38)33-31(2,3)4/h5-15,20H,16-19,21H2,1-4H3,(H,33,38). The highest BCUT2D eigenvalue weighted by atomic mass is 16.2. The Morgan fingerprint density at radius 2 is 1.50 bits per heavy atom. The third-order valence-electron chi connectivity index (χ3n) is 6.90. The van der Waals surface area contributed by atoms with Gasteiger partial charge in [0.15, 0.2) is 5.78 Å². The van der Waals surface area contributed by atoms with Gasteiger partial charge in [0.1, 0.15) is 5.65 Å². The van der Waals surface area contributed by atoms with E-state index in [1.807, 2.05) is 68.1 Å². The van der Waals surface area contributed by atoms with Gasteiger partial charge in [-0.05, 0) is 51.0 Å². The van der Waals surface area contributed by atoms with Gasteiger partial charge in [0, 0.05) is 55.6 Å². The number of amides is 2. The molecule has 1 saturated heterocycles. The highest BCUT2D eigenvalue weighted by Gasteiger charge is 2.25. The third-order valence-corrected chi connectivity index (χ3v) is 6.90. The first-order valence-corrected chi connectivity index (χ1v) is 13.2. The lowest BCUT2D eigenvalue weighted by Crippen LogP contribution is -2.54. The SMILES string of the molecule is CC(=O)c1ccc(-c2ccc3nc(-c4ccccc4)c(CN4CCN(C(=O)NC(C)(C)C)CC4)n3c2)cc1. The molecule has 0 atom stereocenters. The predicted octanol–water partition coefficient (Wildman–Crippen LogP) is 5.50. The number of hydrogen-bond acceptors (Lipinski definition) is 4. The van der Waals surface area contributed by atoms with Crippen molar-refractivity contribution in [1.29, 1.82) is 0 Å². The van der Waals surface area contributed by atoms with Crippen LogP contribution in [0.2, 0.25) is 0 Å². The normalized spacial score (nSPS) is 14.6. The van der Waals surface area contributed by atoms with Gasteiger partial charge in [0.25, 0.3) is 0 Å². The van der Waals surface area contributed by atoms with Gasteiger partial charge < -0.3 is 14.6 Å². The summed E-state index contributed by atoms with van der Waals surface area (Å²) in [5.74, 6) is 0.0624. The number of aromatic nitrogens is 2. The Hall–Kier alpha value is -3.97. The van der Waals surface area contributed by atoms with Crippen LogP contribution in [-0.2, 0) is 6.54 Å². The molecule has 0 aliphatic carbocycles. The molecule has 2 aromatic carbocycles. The highest BCUT2D eigenvalue weighted by Crippen LogP contribution is 2.29. The number of fused-ring (bicyclic) bond motifs is 1. The summed E-state index contributed by atoms with van der Waals surface area (Å²) in [6.07, 6.45) is 2.14. The average Bonchev–Trinajstić information content (AvgIpc) is 3.26. The molecule has 7 nitrogen and oxygen atoms in total. The molecule has 3 heterocycles. The number of hydrogen-bond donors (Lipinski definition) is 1. The Morgan fingerprint density at radius 3 is 2.13 bits per heavy atom. The molecule has 0 unspecified atom stereocenters. The molecule has 0 spiro atoms. The first kappa shape index (κ1) is 25.7. The molecule has 38 heavy (non-hydrogen) atoms. The number of benzene rings is 2. The molecule has 5 rings (SSSR count). The van der Waals surface area contributed by atoms with Crippen LogP contribution in [0.3, 0.4) is 0 Å². The molecule has 2 amide bonds. The molecule has 0 radical (unpaired) electrons. The first-order valence-electron chi connectivity index (χ1n) is 13.2. The van der Waals surface area contributed by atoms with E-state index < -0.39 is 0 Å². The van der Waals surface area contributed by atoms with Crippen molar-refractivity contribution < 1.29 is 9.59 Å². The maximum Gasteiger partial charge on any atom is 0.317 e. The van der Waals surface area contributed by atoms with E-state index in [1.54, 1.807) is 6.92 Å². The molecule has 1 fully saturated rings. The fourth-order valence-corrected chi connectivity index (χ4v) is 4.86. The van der Waals surface area contributed by atoms with E-state index in [4.69, 9.17) is 4.98 Å². The van der Waals surface area contributed by atoms with Crippen molar-refractivity contribution >= 4 is 17.5 Å². The Morgan fingerprint density at radius 1 is 0.842 bits per heavy atom. The summed E-state index contributed by atoms with van der Waals surface area (Å²) in [5, 5.41) is 3.07. The van der Waals surface area contributed by atoms with Crippen LogP contribution in [0.4, 0.5) is 4.79 Å². The van der Waals surface area contributed by atoms with Crippen LogP contribution in [0.15, 0.2) is 72.9 Å². The lowest BCUT2D eigenvalue weighted by Gasteiger charge is -2.36. The summed E-state index contributed by atoms with van der Waals surface area (Å²) in [6.45, 7) is 11.3. The summed E-state index contributed by atoms with van der Waals surface area (Å²) in [7, 11) is 0. The van der Waals surface area contributed by atoms with Crippen LogP contribution in [0.1, 0.15) is 43.7 Å². The molecule has 0 bridgehead atoms. The van der Waals surface area contributed by atoms with Gasteiger partial charge in [-0.2, -0.15) is 0 Å². The van der Waals surface area contributed by atoms with E-state index in [9.17, 15) is 9.59 Å². The van der Waals surface area contributed by atoms with Gasteiger partial charge in [-0.3, -0.25) is 9.69 Å². The van der Waals surface area contributed by atoms with Crippen LogP contribution in [-0.4, -0.2) is 62.7 Å². The number of Topliss-reactive ketones (excluding diaryl/α,β-unsaturated/α-hetero) is 1. The lowest BCUT2D eigenvalue weighted by atomic mass is 10.0. The Balaban J connectivity index is 1.44. The van der Waals surface area contributed by atoms with Crippen LogP contribution < -0.4 is 5.32 Å². The molecule has 1 N–H and O–H groups in total. The second kappa shape index (κ2) is 10.4. The molecule has 0 saturated carbocycles. The molecular weight excluding hydrogens is 474 g/mol. The zero-order chi connectivity index (χ0) is 26.9. The number of imidazole rings is 1. The quantitative estimate of drug-likeness (QED) is 0.361. The minimum atomic E-state index is -0.251. The zero-order valence-corrected chi connectivity index (χ0v) is 22.6. The zero-order valence-electron chi connectivity index (χ0n) is 22.6. The van der Waals surface area contributed by atoms with Gasteiger partial charge in [-0.15, -0.1) is 0 Å². The number of ketones is 1. The predicted molar refractivity (Wildman–Crippen MR) is 151 cm³/mol. The van der Waals surface area contributed by atoms with E-state index >= 15 is 0 Å². The van der Waals surface area contributed by atoms with Gasteiger partial charge in [-0.1, -0.05) is 54.6 Å². The van der Waals surface area contributed by atoms with Gasteiger partial charge in [-0.25, -0.2) is 9.78 Å². The average molecular weight is 510 g/mol. The van der Waals surface area contributed by atoms with E-state index in [2.05, 4.69) is 45.1 Å². The van der Waals surface area contributed by atoms with Crippen molar-refractivity contribution in [2.75, 3.05) is 26.2 Å². The Bertz CT molecular complexity index is 1440. The topological polar surface area (TPSA) is 70.0 Å². The Labute approximate surface area is 224 Å². The lowest BCUT2D eigenvalue weighted by molar-refractivity contribution is 0.101. The number of urea groups is 1. The fourth-order valence-electron chi connectivity index (χ4n) is 4.86. The van der Waals surface area contributed by atoms with E-state index in [0.717, 1.165) is 53.4 Å². The molecular formula is C31H35N5O2. The molecule has 7 heteroatoms. The van der Waals surface area contributed by atoms with Gasteiger partial charge in [0.2, 0.25) is 0 Å². The van der Waals surface area contributed by atoms with Crippen molar-refractivity contribution in [1.82, 2.24) is 24.5 Å². The summed E-state index contributed by atoms with van der Waals surface area (Å²) in [4.78, 5) is 33.7. The maximum absolute atomic E-state index is 12.6. The smallest absolute Gasteiger partial charge is 0.317 e. The molecule has 2 aromatic heterocycles. The summed E-state index contributed by atoms with van der Waals surface area (Å²) < 4.78 is 2.19. The molecule has 1 aliphatic rings. The second-order valence-electron chi connectivity index (χ2n) is 11.0. The second-order valence-corrected chi connectivity index (χ2v) is 11.0. The number of rotatable bonds is 5. The van der Waals surface area contributed by atoms with Gasteiger partial charge >= 0.3 is 6.03 Å². The van der Waals surface area contributed by atoms with Crippen LogP contribution >= 0.6 is 0 Å². The largest absolute Gasteiger partial charge is 0.333 e. The fraction of sp³-hybridized carbons (Fsp3) is 0.323. The van der Waals surface area contributed by atoms with E-state index in [0.29, 0.717) is 18.7 Å². The molecule has 1 aliphatic heterocycles. The summed E-state index contributed by atoms with van der Waals surface area (Å²) in [5.41, 5.74) is 6.65. The van der Waals surface area contributed by atoms with Crippen LogP contribution in [0.25, 0.3) is 28.0 Å². The highest BCUT2D eigenvalue weighted by molar-refractivity contribution is 5.94. The van der Waals surface area contributed by atoms with Crippen molar-refractivity contribution in [3.8, 4) is 22.4 Å². The van der Waals surface area contributed by atoms with E-state index in [1.165, 1.54) is 0 Å². The molecule has 196 valence electrons. The van der Waals surface area contributed by atoms with Crippen LogP contribution in [0.5, 0.6) is 0 Å². The van der Waals surface area contributed by atoms with Crippen LogP contribution in [0, 0.1) is 0 Å². The summed E-state index contributed by atoms with van der Waals surface area (Å²) >= 11 is 0. The minimum absolute atomic E-state index is 0.00244. The number of carbonyl (C=O) groups is 2. The number of pyridine rings is 1. The van der Waals surface area contributed by atoms with Crippen molar-refractivity contribution in [2.24, 2.45) is 0 Å². The Kier molecular flexibility index (Phi) is 7.04. The van der Waals surface area contributed by atoms with Crippen molar-refractivity contribution in [3.05, 3.63) is 84.2 Å². The number of carbonyl (C=O) groups excluding carboxylic acids is 2. The van der Waals surface area contributed by atoms with E-state index in [-0.39, 0.29) is 17.4 Å². The maximum atomic E-state index is 12.6. The molecule has 4 aromatic rings. The van der Waals surface area contributed by atoms with Gasteiger partial charge in [0.05, 0.1) is 11.4 Å². The number of nitrogens with zero attached hydrogens (tertiary/aromatic N) is 4. The number of piperazine rings is 1. The summed E-state index contributed by atoms with van der Waals surface area (Å²) in [6, 6.07) is 22.2. The monoisotopic (exact) mass is 509 g/mol. The third kappa shape index (κ3) is 5.63. The minimum Gasteiger partial charge on any atom is -0.333 e. The first-order chi connectivity index (χ1) is 18.2. The van der Waals surface area contributed by atoms with Crippen molar-refractivity contribution in [3.63, 3.8) is 0 Å². The van der Waals surface area contributed by atoms with Crippen molar-refractivity contribution in [2.45, 2.75) is 39.8 Å². The number of nitrogens with one attached hydrogen (secondary N) is 1.